The Morgan fingerprint density at radius 2 is 1.67 bits per heavy atom. The Morgan fingerprint density at radius 3 is 2.19 bits per heavy atom. The Labute approximate surface area is 129 Å². The number of ether oxygens (including phenoxy) is 2. The van der Waals surface area contributed by atoms with Gasteiger partial charge in [0.1, 0.15) is 17.2 Å². The Bertz CT molecular complexity index is 542. The molecule has 2 heterocycles. The molecule has 1 amide bonds. The van der Waals surface area contributed by atoms with E-state index in [0.717, 1.165) is 12.1 Å². The standard InChI is InChI=1S/C14H14BrF2NO3/c15-9-7-10(16)12(11(17)8-9)13(19)18-3-1-14(2-4-18)20-5-6-21-14/h7-8H,1-6H2. The summed E-state index contributed by atoms with van der Waals surface area (Å²) in [5.41, 5.74) is -0.512. The summed E-state index contributed by atoms with van der Waals surface area (Å²) in [5, 5.41) is 0. The van der Waals surface area contributed by atoms with Crippen LogP contribution in [-0.2, 0) is 9.47 Å². The second-order valence-electron chi connectivity index (χ2n) is 5.14. The normalized spacial score (nSPS) is 21.0. The fourth-order valence-corrected chi connectivity index (χ4v) is 3.14. The van der Waals surface area contributed by atoms with Gasteiger partial charge in [-0.2, -0.15) is 0 Å². The van der Waals surface area contributed by atoms with Gasteiger partial charge in [0.05, 0.1) is 13.2 Å². The molecule has 3 rings (SSSR count). The molecule has 2 aliphatic rings. The molecule has 1 aromatic rings. The number of amides is 1. The highest BCUT2D eigenvalue weighted by Crippen LogP contribution is 2.32. The number of hydrogen-bond donors (Lipinski definition) is 0. The third kappa shape index (κ3) is 2.82. The molecule has 2 aliphatic heterocycles. The van der Waals surface area contributed by atoms with Crippen LogP contribution >= 0.6 is 15.9 Å². The minimum absolute atomic E-state index is 0.263. The lowest BCUT2D eigenvalue weighted by atomic mass is 10.0. The first-order valence-electron chi connectivity index (χ1n) is 6.72. The first kappa shape index (κ1) is 14.9. The van der Waals surface area contributed by atoms with Crippen LogP contribution in [0.25, 0.3) is 0 Å². The summed E-state index contributed by atoms with van der Waals surface area (Å²) < 4.78 is 39.1. The fraction of sp³-hybridized carbons (Fsp3) is 0.500. The molecule has 7 heteroatoms. The lowest BCUT2D eigenvalue weighted by molar-refractivity contribution is -0.181. The van der Waals surface area contributed by atoms with Crippen LogP contribution in [0.2, 0.25) is 0 Å². The molecule has 114 valence electrons. The monoisotopic (exact) mass is 361 g/mol. The summed E-state index contributed by atoms with van der Waals surface area (Å²) >= 11 is 2.99. The number of halogens is 3. The van der Waals surface area contributed by atoms with Crippen LogP contribution in [0, 0.1) is 11.6 Å². The molecule has 1 aromatic carbocycles. The fourth-order valence-electron chi connectivity index (χ4n) is 2.74. The van der Waals surface area contributed by atoms with Gasteiger partial charge in [-0.25, -0.2) is 8.78 Å². The van der Waals surface area contributed by atoms with Gasteiger partial charge in [-0.1, -0.05) is 15.9 Å². The molecule has 0 bridgehead atoms. The Kier molecular flexibility index (Phi) is 3.98. The largest absolute Gasteiger partial charge is 0.347 e. The molecule has 0 atom stereocenters. The molecule has 0 radical (unpaired) electrons. The Hall–Kier alpha value is -1.05. The predicted octanol–water partition coefficient (Wildman–Crippen LogP) is 2.71. The molecule has 0 aliphatic carbocycles. The van der Waals surface area contributed by atoms with Crippen molar-refractivity contribution in [3.8, 4) is 0 Å². The molecule has 21 heavy (non-hydrogen) atoms. The van der Waals surface area contributed by atoms with E-state index in [0.29, 0.717) is 39.1 Å². The summed E-state index contributed by atoms with van der Waals surface area (Å²) in [6.07, 6.45) is 1.02. The van der Waals surface area contributed by atoms with E-state index >= 15 is 0 Å². The maximum absolute atomic E-state index is 13.8. The summed E-state index contributed by atoms with van der Waals surface area (Å²) in [7, 11) is 0. The first-order valence-corrected chi connectivity index (χ1v) is 7.52. The van der Waals surface area contributed by atoms with Gasteiger partial charge >= 0.3 is 0 Å². The third-order valence-corrected chi connectivity index (χ3v) is 4.30. The number of nitrogens with zero attached hydrogens (tertiary/aromatic N) is 1. The molecule has 0 N–H and O–H groups in total. The van der Waals surface area contributed by atoms with E-state index in [-0.39, 0.29) is 4.47 Å². The summed E-state index contributed by atoms with van der Waals surface area (Å²) in [6.45, 7) is 1.80. The predicted molar refractivity (Wildman–Crippen MR) is 73.8 cm³/mol. The SMILES string of the molecule is O=C(c1c(F)cc(Br)cc1F)N1CCC2(CC1)OCCO2. The van der Waals surface area contributed by atoms with Crippen molar-refractivity contribution in [2.45, 2.75) is 18.6 Å². The van der Waals surface area contributed by atoms with Crippen LogP contribution in [0.15, 0.2) is 16.6 Å². The van der Waals surface area contributed by atoms with Crippen molar-refractivity contribution in [1.29, 1.82) is 0 Å². The van der Waals surface area contributed by atoms with Crippen LogP contribution in [-0.4, -0.2) is 42.9 Å². The number of likely N-dealkylation sites (tertiary alicyclic amines) is 1. The minimum atomic E-state index is -0.861. The van der Waals surface area contributed by atoms with Gasteiger partial charge < -0.3 is 14.4 Å². The zero-order chi connectivity index (χ0) is 15.0. The third-order valence-electron chi connectivity index (χ3n) is 3.85. The zero-order valence-electron chi connectivity index (χ0n) is 11.2. The second kappa shape index (κ2) is 5.62. The molecule has 2 saturated heterocycles. The van der Waals surface area contributed by atoms with Gasteiger partial charge in [0.2, 0.25) is 0 Å². The van der Waals surface area contributed by atoms with Crippen molar-refractivity contribution in [1.82, 2.24) is 4.90 Å². The van der Waals surface area contributed by atoms with Crippen LogP contribution in [0.4, 0.5) is 8.78 Å². The summed E-state index contributed by atoms with van der Waals surface area (Å²) in [4.78, 5) is 13.7. The van der Waals surface area contributed by atoms with Gasteiger partial charge in [0.25, 0.3) is 5.91 Å². The van der Waals surface area contributed by atoms with E-state index in [2.05, 4.69) is 15.9 Å². The highest BCUT2D eigenvalue weighted by atomic mass is 79.9. The number of hydrogen-bond acceptors (Lipinski definition) is 3. The zero-order valence-corrected chi connectivity index (χ0v) is 12.8. The van der Waals surface area contributed by atoms with Crippen molar-refractivity contribution in [2.24, 2.45) is 0 Å². The molecular weight excluding hydrogens is 348 g/mol. The molecule has 4 nitrogen and oxygen atoms in total. The first-order chi connectivity index (χ1) is 10.0. The smallest absolute Gasteiger partial charge is 0.259 e. The lowest BCUT2D eigenvalue weighted by Crippen LogP contribution is -2.47. The van der Waals surface area contributed by atoms with E-state index in [9.17, 15) is 13.6 Å². The van der Waals surface area contributed by atoms with Crippen molar-refractivity contribution in [2.75, 3.05) is 26.3 Å². The summed E-state index contributed by atoms with van der Waals surface area (Å²) in [5.74, 6) is -2.97. The van der Waals surface area contributed by atoms with E-state index in [1.54, 1.807) is 0 Å². The van der Waals surface area contributed by atoms with Crippen molar-refractivity contribution >= 4 is 21.8 Å². The minimum Gasteiger partial charge on any atom is -0.347 e. The van der Waals surface area contributed by atoms with E-state index in [4.69, 9.17) is 9.47 Å². The molecule has 1 spiro atoms. The number of benzene rings is 1. The van der Waals surface area contributed by atoms with Crippen molar-refractivity contribution < 1.29 is 23.0 Å². The molecular formula is C14H14BrF2NO3. The number of rotatable bonds is 1. The van der Waals surface area contributed by atoms with Gasteiger partial charge in [0.15, 0.2) is 5.79 Å². The van der Waals surface area contributed by atoms with Crippen LogP contribution in [0.5, 0.6) is 0 Å². The quantitative estimate of drug-likeness (QED) is 0.771. The second-order valence-corrected chi connectivity index (χ2v) is 6.06. The highest BCUT2D eigenvalue weighted by molar-refractivity contribution is 9.10. The molecule has 0 aromatic heterocycles. The molecule has 0 unspecified atom stereocenters. The van der Waals surface area contributed by atoms with Crippen molar-refractivity contribution in [3.63, 3.8) is 0 Å². The van der Waals surface area contributed by atoms with Gasteiger partial charge in [-0.05, 0) is 12.1 Å². The molecule has 0 saturated carbocycles. The highest BCUT2D eigenvalue weighted by Gasteiger charge is 2.41. The van der Waals surface area contributed by atoms with E-state index in [1.165, 1.54) is 4.90 Å². The van der Waals surface area contributed by atoms with Gasteiger partial charge in [-0.3, -0.25) is 4.79 Å². The maximum atomic E-state index is 13.8. The summed E-state index contributed by atoms with van der Waals surface area (Å²) in [6, 6.07) is 2.18. The van der Waals surface area contributed by atoms with Gasteiger partial charge in [0, 0.05) is 30.4 Å². The topological polar surface area (TPSA) is 38.8 Å². The lowest BCUT2D eigenvalue weighted by Gasteiger charge is -2.37. The molecule has 2 fully saturated rings. The van der Waals surface area contributed by atoms with Crippen LogP contribution in [0.3, 0.4) is 0 Å². The van der Waals surface area contributed by atoms with E-state index < -0.39 is 28.9 Å². The Balaban J connectivity index is 1.75. The number of piperidine rings is 1. The average molecular weight is 362 g/mol. The number of carbonyl (C=O) groups excluding carboxylic acids is 1. The number of carbonyl (C=O) groups is 1. The van der Waals surface area contributed by atoms with E-state index in [1.807, 2.05) is 0 Å². The van der Waals surface area contributed by atoms with Gasteiger partial charge in [-0.15, -0.1) is 0 Å². The van der Waals surface area contributed by atoms with Crippen LogP contribution in [0.1, 0.15) is 23.2 Å². The van der Waals surface area contributed by atoms with Crippen molar-refractivity contribution in [3.05, 3.63) is 33.8 Å². The average Bonchev–Trinajstić information content (AvgIpc) is 2.86. The Morgan fingerprint density at radius 1 is 1.14 bits per heavy atom. The maximum Gasteiger partial charge on any atom is 0.259 e. The van der Waals surface area contributed by atoms with Crippen LogP contribution < -0.4 is 0 Å².